The molecule has 0 fully saturated rings. The summed E-state index contributed by atoms with van der Waals surface area (Å²) in [5.41, 5.74) is 1.18. The number of aryl methyl sites for hydroxylation is 1. The van der Waals surface area contributed by atoms with Gasteiger partial charge in [-0.2, -0.15) is 0 Å². The van der Waals surface area contributed by atoms with Crippen molar-refractivity contribution in [2.24, 2.45) is 5.14 Å². The molecule has 0 saturated heterocycles. The maximum Gasteiger partial charge on any atom is 0.306 e. The molecule has 0 saturated carbocycles. The van der Waals surface area contributed by atoms with E-state index in [1.165, 1.54) is 26.2 Å². The fourth-order valence-corrected chi connectivity index (χ4v) is 2.91. The average molecular weight is 391 g/mol. The third-order valence-electron chi connectivity index (χ3n) is 3.92. The minimum absolute atomic E-state index is 0.00698. The van der Waals surface area contributed by atoms with Crippen molar-refractivity contribution in [1.29, 1.82) is 0 Å². The van der Waals surface area contributed by atoms with E-state index in [-0.39, 0.29) is 17.1 Å². The first-order valence-electron chi connectivity index (χ1n) is 8.20. The quantitative estimate of drug-likeness (QED) is 0.545. The number of ether oxygens (including phenoxy) is 2. The summed E-state index contributed by atoms with van der Waals surface area (Å²) in [5, 5.41) is 5.04. The highest BCUT2D eigenvalue weighted by Crippen LogP contribution is 2.15. The van der Waals surface area contributed by atoms with Gasteiger partial charge in [0.1, 0.15) is 5.75 Å². The van der Waals surface area contributed by atoms with Crippen LogP contribution < -0.4 is 9.88 Å². The lowest BCUT2D eigenvalue weighted by Gasteiger charge is -2.12. The van der Waals surface area contributed by atoms with Gasteiger partial charge in [-0.25, -0.2) is 13.6 Å². The SMILES string of the molecule is COc1ccc(C(=O)C(C)OC(=O)CCc2ccc(S(N)(=O)=O)cc2)cc1. The van der Waals surface area contributed by atoms with Gasteiger partial charge in [-0.1, -0.05) is 12.1 Å². The number of benzene rings is 2. The van der Waals surface area contributed by atoms with Gasteiger partial charge in [0, 0.05) is 12.0 Å². The summed E-state index contributed by atoms with van der Waals surface area (Å²) in [5.74, 6) is -0.187. The van der Waals surface area contributed by atoms with Crippen molar-refractivity contribution in [3.05, 3.63) is 59.7 Å². The number of ketones is 1. The topological polar surface area (TPSA) is 113 Å². The predicted molar refractivity (Wildman–Crippen MR) is 99.0 cm³/mol. The third-order valence-corrected chi connectivity index (χ3v) is 4.85. The number of sulfonamides is 1. The summed E-state index contributed by atoms with van der Waals surface area (Å²) in [7, 11) is -2.21. The van der Waals surface area contributed by atoms with E-state index in [0.717, 1.165) is 5.56 Å². The van der Waals surface area contributed by atoms with Gasteiger partial charge in [0.15, 0.2) is 6.10 Å². The molecule has 0 aliphatic heterocycles. The lowest BCUT2D eigenvalue weighted by molar-refractivity contribution is -0.146. The van der Waals surface area contributed by atoms with Crippen LogP contribution in [0.4, 0.5) is 0 Å². The van der Waals surface area contributed by atoms with Crippen LogP contribution in [-0.2, 0) is 26.0 Å². The summed E-state index contributed by atoms with van der Waals surface area (Å²) in [6, 6.07) is 12.5. The molecule has 2 aromatic carbocycles. The van der Waals surface area contributed by atoms with E-state index in [2.05, 4.69) is 0 Å². The number of hydrogen-bond acceptors (Lipinski definition) is 6. The van der Waals surface area contributed by atoms with Crippen molar-refractivity contribution in [3.8, 4) is 5.75 Å². The van der Waals surface area contributed by atoms with Gasteiger partial charge in [-0.05, 0) is 55.3 Å². The van der Waals surface area contributed by atoms with Crippen LogP contribution >= 0.6 is 0 Å². The van der Waals surface area contributed by atoms with Crippen LogP contribution in [0.3, 0.4) is 0 Å². The van der Waals surface area contributed by atoms with E-state index in [0.29, 0.717) is 17.7 Å². The summed E-state index contributed by atoms with van der Waals surface area (Å²) >= 11 is 0. The van der Waals surface area contributed by atoms with Gasteiger partial charge in [0.25, 0.3) is 0 Å². The van der Waals surface area contributed by atoms with Crippen LogP contribution in [0.1, 0.15) is 29.3 Å². The van der Waals surface area contributed by atoms with Gasteiger partial charge < -0.3 is 9.47 Å². The Morgan fingerprint density at radius 2 is 1.63 bits per heavy atom. The first-order chi connectivity index (χ1) is 12.7. The van der Waals surface area contributed by atoms with Gasteiger partial charge >= 0.3 is 5.97 Å². The molecule has 7 nitrogen and oxygen atoms in total. The van der Waals surface area contributed by atoms with E-state index in [4.69, 9.17) is 14.6 Å². The average Bonchev–Trinajstić information content (AvgIpc) is 2.65. The molecular formula is C19H21NO6S. The van der Waals surface area contributed by atoms with Crippen molar-refractivity contribution in [2.75, 3.05) is 7.11 Å². The van der Waals surface area contributed by atoms with E-state index >= 15 is 0 Å². The highest BCUT2D eigenvalue weighted by Gasteiger charge is 2.19. The fourth-order valence-electron chi connectivity index (χ4n) is 2.39. The Morgan fingerprint density at radius 3 is 2.15 bits per heavy atom. The van der Waals surface area contributed by atoms with E-state index in [1.54, 1.807) is 36.4 Å². The number of carbonyl (C=O) groups excluding carboxylic acids is 2. The second kappa shape index (κ2) is 8.79. The molecule has 2 N–H and O–H groups in total. The summed E-state index contributed by atoms with van der Waals surface area (Å²) in [6.45, 7) is 1.52. The number of methoxy groups -OCH3 is 1. The van der Waals surface area contributed by atoms with Gasteiger partial charge in [0.05, 0.1) is 12.0 Å². The molecule has 0 aliphatic carbocycles. The van der Waals surface area contributed by atoms with Crippen molar-refractivity contribution in [1.82, 2.24) is 0 Å². The Bertz CT molecular complexity index is 904. The second-order valence-corrected chi connectivity index (χ2v) is 7.48. The van der Waals surface area contributed by atoms with Crippen molar-refractivity contribution in [3.63, 3.8) is 0 Å². The minimum atomic E-state index is -3.74. The van der Waals surface area contributed by atoms with Crippen LogP contribution in [0.5, 0.6) is 5.75 Å². The first kappa shape index (κ1) is 20.6. The Balaban J connectivity index is 1.88. The molecule has 0 aromatic heterocycles. The molecule has 0 bridgehead atoms. The predicted octanol–water partition coefficient (Wildman–Crippen LogP) is 2.09. The number of carbonyl (C=O) groups is 2. The molecule has 0 amide bonds. The van der Waals surface area contributed by atoms with Crippen molar-refractivity contribution >= 4 is 21.8 Å². The van der Waals surface area contributed by atoms with Crippen LogP contribution in [-0.4, -0.2) is 33.4 Å². The Hall–Kier alpha value is -2.71. The van der Waals surface area contributed by atoms with Crippen molar-refractivity contribution in [2.45, 2.75) is 30.8 Å². The monoisotopic (exact) mass is 391 g/mol. The first-order valence-corrected chi connectivity index (χ1v) is 9.75. The van der Waals surface area contributed by atoms with E-state index in [9.17, 15) is 18.0 Å². The minimum Gasteiger partial charge on any atom is -0.497 e. The molecule has 1 atom stereocenters. The van der Waals surface area contributed by atoms with E-state index in [1.807, 2.05) is 0 Å². The number of hydrogen-bond donors (Lipinski definition) is 1. The summed E-state index contributed by atoms with van der Waals surface area (Å²) in [4.78, 5) is 24.3. The number of nitrogens with two attached hydrogens (primary N) is 1. The number of Topliss-reactive ketones (excluding diaryl/α,β-unsaturated/α-hetero) is 1. The number of primary sulfonamides is 1. The largest absolute Gasteiger partial charge is 0.497 e. The molecule has 0 radical (unpaired) electrons. The lowest BCUT2D eigenvalue weighted by Crippen LogP contribution is -2.24. The maximum absolute atomic E-state index is 12.3. The van der Waals surface area contributed by atoms with Gasteiger partial charge in [-0.15, -0.1) is 0 Å². The highest BCUT2D eigenvalue weighted by molar-refractivity contribution is 7.89. The standard InChI is InChI=1S/C19H21NO6S/c1-13(19(22)15-6-8-16(25-2)9-7-15)26-18(21)12-5-14-3-10-17(11-4-14)27(20,23)24/h3-4,6-11,13H,5,12H2,1-2H3,(H2,20,23,24). The molecule has 0 spiro atoms. The molecule has 1 unspecified atom stereocenters. The molecule has 144 valence electrons. The molecule has 2 rings (SSSR count). The molecule has 0 aliphatic rings. The summed E-state index contributed by atoms with van der Waals surface area (Å²) < 4.78 is 32.6. The third kappa shape index (κ3) is 5.90. The lowest BCUT2D eigenvalue weighted by atomic mass is 10.1. The molecule has 27 heavy (non-hydrogen) atoms. The van der Waals surface area contributed by atoms with Gasteiger partial charge in [0.2, 0.25) is 15.8 Å². The zero-order valence-corrected chi connectivity index (χ0v) is 15.9. The number of esters is 1. The normalized spacial score (nSPS) is 12.3. The maximum atomic E-state index is 12.3. The molecule has 2 aromatic rings. The Kier molecular flexibility index (Phi) is 6.70. The van der Waals surface area contributed by atoms with Crippen LogP contribution in [0.25, 0.3) is 0 Å². The van der Waals surface area contributed by atoms with Crippen LogP contribution in [0.2, 0.25) is 0 Å². The van der Waals surface area contributed by atoms with Crippen molar-refractivity contribution < 1.29 is 27.5 Å². The molecule has 0 heterocycles. The second-order valence-electron chi connectivity index (χ2n) is 5.91. The summed E-state index contributed by atoms with van der Waals surface area (Å²) in [6.07, 6.45) is -0.488. The van der Waals surface area contributed by atoms with Gasteiger partial charge in [-0.3, -0.25) is 9.59 Å². The smallest absolute Gasteiger partial charge is 0.306 e. The Morgan fingerprint density at radius 1 is 1.04 bits per heavy atom. The zero-order chi connectivity index (χ0) is 20.0. The zero-order valence-electron chi connectivity index (χ0n) is 15.0. The molecule has 8 heteroatoms. The van der Waals surface area contributed by atoms with Crippen LogP contribution in [0.15, 0.2) is 53.4 Å². The van der Waals surface area contributed by atoms with Crippen LogP contribution in [0, 0.1) is 0 Å². The Labute approximate surface area is 158 Å². The fraction of sp³-hybridized carbons (Fsp3) is 0.263. The van der Waals surface area contributed by atoms with E-state index < -0.39 is 22.1 Å². The number of rotatable bonds is 8. The highest BCUT2D eigenvalue weighted by atomic mass is 32.2. The molecular weight excluding hydrogens is 370 g/mol.